The van der Waals surface area contributed by atoms with Crippen LogP contribution in [0.4, 0.5) is 0 Å². The van der Waals surface area contributed by atoms with Crippen molar-refractivity contribution in [2.75, 3.05) is 11.5 Å². The summed E-state index contributed by atoms with van der Waals surface area (Å²) in [5, 5.41) is 2.56. The molecular weight excluding hydrogens is 258 g/mol. The molecule has 0 radical (unpaired) electrons. The Kier molecular flexibility index (Phi) is 9.39. The number of nitrogens with two attached hydrogens (primary N) is 2. The lowest BCUT2D eigenvalue weighted by molar-refractivity contribution is -0.128. The zero-order valence-electron chi connectivity index (χ0n) is 9.76. The van der Waals surface area contributed by atoms with Crippen molar-refractivity contribution < 1.29 is 9.59 Å². The number of rotatable bonds is 9. The monoisotopic (exact) mass is 279 g/mol. The van der Waals surface area contributed by atoms with E-state index in [1.165, 1.54) is 0 Å². The molecule has 0 aromatic carbocycles. The first-order chi connectivity index (χ1) is 8.02. The van der Waals surface area contributed by atoms with Crippen LogP contribution in [0, 0.1) is 0 Å². The first kappa shape index (κ1) is 16.6. The molecule has 0 fully saturated rings. The minimum atomic E-state index is -0.656. The van der Waals surface area contributed by atoms with E-state index in [9.17, 15) is 9.59 Å². The van der Waals surface area contributed by atoms with Crippen LogP contribution in [0.2, 0.25) is 0 Å². The molecule has 0 saturated carbocycles. The highest BCUT2D eigenvalue weighted by molar-refractivity contribution is 7.80. The normalized spacial score (nSPS) is 14.1. The molecule has 0 rings (SSSR count). The van der Waals surface area contributed by atoms with Gasteiger partial charge in [-0.25, -0.2) is 0 Å². The number of thiol groups is 2. The summed E-state index contributed by atoms with van der Waals surface area (Å²) in [6, 6.07) is -1.27. The summed E-state index contributed by atoms with van der Waals surface area (Å²) in [6.45, 7) is 0. The van der Waals surface area contributed by atoms with E-state index in [2.05, 4.69) is 30.6 Å². The number of carbonyl (C=O) groups excluding carboxylic acids is 2. The SMILES string of the molecule is NC(=O)C(CCCS)NC(=O)C(N)CCCS. The smallest absolute Gasteiger partial charge is 0.240 e. The van der Waals surface area contributed by atoms with Crippen molar-refractivity contribution in [3.8, 4) is 0 Å². The molecule has 0 bridgehead atoms. The van der Waals surface area contributed by atoms with Crippen molar-refractivity contribution in [3.05, 3.63) is 0 Å². The first-order valence-corrected chi connectivity index (χ1v) is 6.86. The average Bonchev–Trinajstić information content (AvgIpc) is 2.30. The standard InChI is InChI=1S/C10H21N3O2S2/c11-7(3-1-5-16)10(15)13-8(9(12)14)4-2-6-17/h7-8,16-17H,1-6,11H2,(H2,12,14)(H,13,15). The van der Waals surface area contributed by atoms with Crippen LogP contribution in [0.25, 0.3) is 0 Å². The van der Waals surface area contributed by atoms with Crippen molar-refractivity contribution in [3.63, 3.8) is 0 Å². The number of hydrogen-bond acceptors (Lipinski definition) is 5. The Hall–Kier alpha value is -0.400. The third-order valence-electron chi connectivity index (χ3n) is 2.32. The van der Waals surface area contributed by atoms with E-state index < -0.39 is 18.0 Å². The molecule has 0 saturated heterocycles. The number of carbonyl (C=O) groups is 2. The first-order valence-electron chi connectivity index (χ1n) is 5.60. The molecule has 0 aliphatic heterocycles. The Balaban J connectivity index is 4.15. The zero-order chi connectivity index (χ0) is 13.3. The summed E-state index contributed by atoms with van der Waals surface area (Å²) in [5.41, 5.74) is 10.9. The summed E-state index contributed by atoms with van der Waals surface area (Å²) in [7, 11) is 0. The van der Waals surface area contributed by atoms with E-state index >= 15 is 0 Å². The van der Waals surface area contributed by atoms with E-state index in [-0.39, 0.29) is 5.91 Å². The van der Waals surface area contributed by atoms with Crippen LogP contribution in [-0.4, -0.2) is 35.4 Å². The zero-order valence-corrected chi connectivity index (χ0v) is 11.6. The number of hydrogen-bond donors (Lipinski definition) is 5. The Labute approximate surface area is 113 Å². The van der Waals surface area contributed by atoms with Crippen LogP contribution in [0.3, 0.4) is 0 Å². The van der Waals surface area contributed by atoms with E-state index in [4.69, 9.17) is 11.5 Å². The molecule has 0 aliphatic carbocycles. The van der Waals surface area contributed by atoms with E-state index in [1.54, 1.807) is 0 Å². The minimum Gasteiger partial charge on any atom is -0.368 e. The van der Waals surface area contributed by atoms with Gasteiger partial charge in [0.25, 0.3) is 0 Å². The molecule has 0 spiro atoms. The Morgan fingerprint density at radius 1 is 1.12 bits per heavy atom. The topological polar surface area (TPSA) is 98.2 Å². The second-order valence-electron chi connectivity index (χ2n) is 3.80. The van der Waals surface area contributed by atoms with Crippen LogP contribution in [0.1, 0.15) is 25.7 Å². The number of nitrogens with one attached hydrogen (secondary N) is 1. The highest BCUT2D eigenvalue weighted by Gasteiger charge is 2.20. The predicted octanol–water partition coefficient (Wildman–Crippen LogP) is -0.296. The minimum absolute atomic E-state index is 0.338. The van der Waals surface area contributed by atoms with E-state index in [1.807, 2.05) is 0 Å². The molecule has 2 atom stereocenters. The molecule has 0 aromatic heterocycles. The third-order valence-corrected chi connectivity index (χ3v) is 2.95. The van der Waals surface area contributed by atoms with Gasteiger partial charge in [-0.1, -0.05) is 0 Å². The second-order valence-corrected chi connectivity index (χ2v) is 4.70. The van der Waals surface area contributed by atoms with Gasteiger partial charge in [0.1, 0.15) is 6.04 Å². The fourth-order valence-corrected chi connectivity index (χ4v) is 1.67. The van der Waals surface area contributed by atoms with Gasteiger partial charge in [-0.2, -0.15) is 25.3 Å². The molecule has 17 heavy (non-hydrogen) atoms. The quantitative estimate of drug-likeness (QED) is 0.375. The van der Waals surface area contributed by atoms with Crippen molar-refractivity contribution in [1.29, 1.82) is 0 Å². The maximum Gasteiger partial charge on any atom is 0.240 e. The van der Waals surface area contributed by atoms with Crippen molar-refractivity contribution in [2.45, 2.75) is 37.8 Å². The van der Waals surface area contributed by atoms with Crippen molar-refractivity contribution >= 4 is 37.1 Å². The van der Waals surface area contributed by atoms with Gasteiger partial charge < -0.3 is 16.8 Å². The van der Waals surface area contributed by atoms with Crippen LogP contribution in [0.5, 0.6) is 0 Å². The molecule has 2 unspecified atom stereocenters. The largest absolute Gasteiger partial charge is 0.368 e. The number of primary amides is 1. The summed E-state index contributed by atoms with van der Waals surface area (Å²) < 4.78 is 0. The third kappa shape index (κ3) is 7.51. The van der Waals surface area contributed by atoms with Crippen LogP contribution in [-0.2, 0) is 9.59 Å². The second kappa shape index (κ2) is 9.61. The van der Waals surface area contributed by atoms with Crippen LogP contribution < -0.4 is 16.8 Å². The van der Waals surface area contributed by atoms with Gasteiger partial charge >= 0.3 is 0 Å². The van der Waals surface area contributed by atoms with Gasteiger partial charge in [0.2, 0.25) is 11.8 Å². The summed E-state index contributed by atoms with van der Waals surface area (Å²) in [6.07, 6.45) is 2.51. The van der Waals surface area contributed by atoms with Gasteiger partial charge in [-0.05, 0) is 37.2 Å². The Bertz CT molecular complexity index is 252. The van der Waals surface area contributed by atoms with Gasteiger partial charge in [0, 0.05) is 0 Å². The Morgan fingerprint density at radius 2 is 1.65 bits per heavy atom. The summed E-state index contributed by atoms with van der Waals surface area (Å²) in [5.74, 6) is 0.446. The number of amides is 2. The molecule has 2 amide bonds. The molecular formula is C10H21N3O2S2. The van der Waals surface area contributed by atoms with Gasteiger partial charge in [-0.3, -0.25) is 9.59 Å². The lowest BCUT2D eigenvalue weighted by Gasteiger charge is -2.18. The van der Waals surface area contributed by atoms with Gasteiger partial charge in [-0.15, -0.1) is 0 Å². The summed E-state index contributed by atoms with van der Waals surface area (Å²) >= 11 is 8.09. The fourth-order valence-electron chi connectivity index (χ4n) is 1.30. The fraction of sp³-hybridized carbons (Fsp3) is 0.800. The van der Waals surface area contributed by atoms with E-state index in [0.29, 0.717) is 30.8 Å². The van der Waals surface area contributed by atoms with E-state index in [0.717, 1.165) is 6.42 Å². The molecule has 7 heteroatoms. The average molecular weight is 279 g/mol. The summed E-state index contributed by atoms with van der Waals surface area (Å²) in [4.78, 5) is 22.7. The molecule has 0 aromatic rings. The van der Waals surface area contributed by atoms with Crippen molar-refractivity contribution in [2.24, 2.45) is 11.5 Å². The molecule has 0 heterocycles. The van der Waals surface area contributed by atoms with Crippen LogP contribution >= 0.6 is 25.3 Å². The lowest BCUT2D eigenvalue weighted by Crippen LogP contribution is -2.50. The maximum absolute atomic E-state index is 11.6. The van der Waals surface area contributed by atoms with Crippen LogP contribution in [0.15, 0.2) is 0 Å². The maximum atomic E-state index is 11.6. The molecule has 5 N–H and O–H groups in total. The lowest BCUT2D eigenvalue weighted by atomic mass is 10.1. The van der Waals surface area contributed by atoms with Gasteiger partial charge in [0.15, 0.2) is 0 Å². The predicted molar refractivity (Wildman–Crippen MR) is 75.3 cm³/mol. The highest BCUT2D eigenvalue weighted by atomic mass is 32.1. The Morgan fingerprint density at radius 3 is 2.12 bits per heavy atom. The molecule has 100 valence electrons. The molecule has 5 nitrogen and oxygen atoms in total. The highest BCUT2D eigenvalue weighted by Crippen LogP contribution is 2.01. The van der Waals surface area contributed by atoms with Crippen molar-refractivity contribution in [1.82, 2.24) is 5.32 Å². The van der Waals surface area contributed by atoms with Gasteiger partial charge in [0.05, 0.1) is 6.04 Å². The molecule has 0 aliphatic rings.